The molecular weight excluding hydrogens is 368 g/mol. The molecule has 0 aromatic heterocycles. The van der Waals surface area contributed by atoms with Crippen LogP contribution in [-0.2, 0) is 9.47 Å². The van der Waals surface area contributed by atoms with E-state index in [0.717, 1.165) is 6.42 Å². The van der Waals surface area contributed by atoms with Gasteiger partial charge in [-0.1, -0.05) is 88.9 Å². The maximum atomic E-state index is 6.37. The fourth-order valence-corrected chi connectivity index (χ4v) is 5.64. The maximum absolute atomic E-state index is 6.37. The Hall–Kier alpha value is -0.600. The largest absolute Gasteiger partial charge is 0.349 e. The zero-order valence-corrected chi connectivity index (χ0v) is 20.5. The van der Waals surface area contributed by atoms with E-state index in [0.29, 0.717) is 5.92 Å². The topological polar surface area (TPSA) is 18.5 Å². The van der Waals surface area contributed by atoms with Crippen molar-refractivity contribution >= 4 is 0 Å². The first-order valence-electron chi connectivity index (χ1n) is 13.3. The van der Waals surface area contributed by atoms with Gasteiger partial charge in [0.15, 0.2) is 5.79 Å². The predicted molar refractivity (Wildman–Crippen MR) is 130 cm³/mol. The number of hydrogen-bond donors (Lipinski definition) is 0. The molecule has 0 fully saturated rings. The molecule has 0 bridgehead atoms. The Morgan fingerprint density at radius 3 is 2.03 bits per heavy atom. The van der Waals surface area contributed by atoms with Gasteiger partial charge in [-0.3, -0.25) is 0 Å². The lowest BCUT2D eigenvalue weighted by Crippen LogP contribution is -2.45. The average Bonchev–Trinajstić information content (AvgIpc) is 2.71. The van der Waals surface area contributed by atoms with Gasteiger partial charge < -0.3 is 9.47 Å². The van der Waals surface area contributed by atoms with E-state index in [4.69, 9.17) is 9.47 Å². The molecule has 2 aliphatic carbocycles. The summed E-state index contributed by atoms with van der Waals surface area (Å²) < 4.78 is 12.7. The minimum atomic E-state index is -0.564. The highest BCUT2D eigenvalue weighted by Crippen LogP contribution is 2.43. The molecule has 30 heavy (non-hydrogen) atoms. The molecule has 0 N–H and O–H groups in total. The molecule has 1 atom stereocenters. The number of rotatable bonds is 12. The molecule has 0 radical (unpaired) electrons. The zero-order chi connectivity index (χ0) is 21.5. The Morgan fingerprint density at radius 1 is 0.733 bits per heavy atom. The van der Waals surface area contributed by atoms with Crippen LogP contribution in [0.3, 0.4) is 0 Å². The van der Waals surface area contributed by atoms with Gasteiger partial charge in [-0.15, -0.1) is 0 Å². The van der Waals surface area contributed by atoms with Crippen LogP contribution >= 0.6 is 0 Å². The lowest BCUT2D eigenvalue weighted by atomic mass is 9.76. The van der Waals surface area contributed by atoms with Gasteiger partial charge in [0, 0.05) is 20.1 Å². The van der Waals surface area contributed by atoms with E-state index in [9.17, 15) is 0 Å². The summed E-state index contributed by atoms with van der Waals surface area (Å²) in [6.45, 7) is 2.30. The van der Waals surface area contributed by atoms with E-state index < -0.39 is 5.79 Å². The average molecular weight is 419 g/mol. The number of unbranched alkanes of at least 4 members (excludes halogenated alkanes) is 5. The number of ether oxygens (including phenoxy) is 2. The summed E-state index contributed by atoms with van der Waals surface area (Å²) in [6.07, 6.45) is 29.7. The fraction of sp³-hybridized carbons (Fsp3) is 0.857. The summed E-state index contributed by atoms with van der Waals surface area (Å²) >= 11 is 0. The summed E-state index contributed by atoms with van der Waals surface area (Å²) in [5.74, 6) is -0.200. The van der Waals surface area contributed by atoms with Crippen molar-refractivity contribution in [3.8, 4) is 0 Å². The van der Waals surface area contributed by atoms with Crippen molar-refractivity contribution in [3.63, 3.8) is 0 Å². The summed E-state index contributed by atoms with van der Waals surface area (Å²) in [5.41, 5.74) is 3.04. The van der Waals surface area contributed by atoms with Crippen LogP contribution in [0.5, 0.6) is 0 Å². The molecule has 1 unspecified atom stereocenters. The second kappa shape index (κ2) is 15.2. The summed E-state index contributed by atoms with van der Waals surface area (Å²) in [7, 11) is 3.78. The van der Waals surface area contributed by atoms with Crippen molar-refractivity contribution in [1.82, 2.24) is 0 Å². The van der Waals surface area contributed by atoms with E-state index in [1.807, 2.05) is 14.2 Å². The van der Waals surface area contributed by atoms with E-state index in [-0.39, 0.29) is 0 Å². The van der Waals surface area contributed by atoms with Crippen LogP contribution in [0.1, 0.15) is 129 Å². The van der Waals surface area contributed by atoms with Gasteiger partial charge in [0.05, 0.1) is 0 Å². The second-order valence-electron chi connectivity index (χ2n) is 9.60. The second-order valence-corrected chi connectivity index (χ2v) is 9.60. The molecule has 0 saturated carbocycles. The lowest BCUT2D eigenvalue weighted by molar-refractivity contribution is -0.208. The molecule has 0 aromatic rings. The zero-order valence-electron chi connectivity index (χ0n) is 20.5. The molecule has 0 spiro atoms. The van der Waals surface area contributed by atoms with Crippen LogP contribution < -0.4 is 0 Å². The molecule has 0 aliphatic heterocycles. The summed E-state index contributed by atoms with van der Waals surface area (Å²) in [4.78, 5) is 0. The van der Waals surface area contributed by atoms with Gasteiger partial charge >= 0.3 is 0 Å². The van der Waals surface area contributed by atoms with Crippen LogP contribution in [0, 0.1) is 5.92 Å². The number of methoxy groups -OCH3 is 2. The van der Waals surface area contributed by atoms with Crippen molar-refractivity contribution in [1.29, 1.82) is 0 Å². The summed E-state index contributed by atoms with van der Waals surface area (Å²) in [6, 6.07) is 0. The van der Waals surface area contributed by atoms with E-state index >= 15 is 0 Å². The first kappa shape index (κ1) is 25.7. The van der Waals surface area contributed by atoms with Gasteiger partial charge in [0.25, 0.3) is 0 Å². The Kier molecular flexibility index (Phi) is 13.0. The normalized spacial score (nSPS) is 20.4. The molecular formula is C28H50O2. The van der Waals surface area contributed by atoms with Gasteiger partial charge in [0.1, 0.15) is 0 Å². The molecule has 0 saturated heterocycles. The minimum absolute atomic E-state index is 0.363. The predicted octanol–water partition coefficient (Wildman–Crippen LogP) is 8.90. The van der Waals surface area contributed by atoms with Crippen molar-refractivity contribution in [2.45, 2.75) is 135 Å². The summed E-state index contributed by atoms with van der Waals surface area (Å²) in [5, 5.41) is 0. The van der Waals surface area contributed by atoms with Crippen LogP contribution in [-0.4, -0.2) is 20.0 Å². The molecule has 2 heteroatoms. The quantitative estimate of drug-likeness (QED) is 0.179. The number of hydrogen-bond acceptors (Lipinski definition) is 2. The van der Waals surface area contributed by atoms with E-state index in [1.165, 1.54) is 121 Å². The Balaban J connectivity index is 2.24. The maximum Gasteiger partial charge on any atom is 0.196 e. The minimum Gasteiger partial charge on any atom is -0.349 e. The highest BCUT2D eigenvalue weighted by Gasteiger charge is 2.43. The third-order valence-corrected chi connectivity index (χ3v) is 7.42. The van der Waals surface area contributed by atoms with Crippen molar-refractivity contribution < 1.29 is 9.47 Å². The fourth-order valence-electron chi connectivity index (χ4n) is 5.64. The molecule has 0 aromatic carbocycles. The van der Waals surface area contributed by atoms with Crippen molar-refractivity contribution in [3.05, 3.63) is 23.3 Å². The standard InChI is InChI=1S/C28H50O2/c1-4-5-6-7-14-19-24-27(25-20-15-10-8-11-16-21-25)28(29-2,30-3)26-22-17-12-9-13-18-23-26/h20,22,27H,4-19,21,23-24H2,1-3H3. The number of allylic oxidation sites excluding steroid dienone is 2. The highest BCUT2D eigenvalue weighted by atomic mass is 16.7. The van der Waals surface area contributed by atoms with Gasteiger partial charge in [-0.2, -0.15) is 0 Å². The Bertz CT molecular complexity index is 501. The van der Waals surface area contributed by atoms with Gasteiger partial charge in [0.2, 0.25) is 0 Å². The Morgan fingerprint density at radius 2 is 1.33 bits per heavy atom. The monoisotopic (exact) mass is 418 g/mol. The first-order valence-corrected chi connectivity index (χ1v) is 13.3. The van der Waals surface area contributed by atoms with Crippen molar-refractivity contribution in [2.24, 2.45) is 5.92 Å². The van der Waals surface area contributed by atoms with Crippen LogP contribution in [0.2, 0.25) is 0 Å². The van der Waals surface area contributed by atoms with Crippen molar-refractivity contribution in [2.75, 3.05) is 14.2 Å². The van der Waals surface area contributed by atoms with Crippen LogP contribution in [0.4, 0.5) is 0 Å². The first-order chi connectivity index (χ1) is 14.8. The molecule has 2 rings (SSSR count). The SMILES string of the molecule is CCCCCCCCC(C1=CCCCCCC1)C(OC)(OC)C1=CCCCCCC1. The highest BCUT2D eigenvalue weighted by molar-refractivity contribution is 5.24. The molecule has 0 amide bonds. The smallest absolute Gasteiger partial charge is 0.196 e. The third kappa shape index (κ3) is 7.83. The van der Waals surface area contributed by atoms with Crippen LogP contribution in [0.15, 0.2) is 23.3 Å². The third-order valence-electron chi connectivity index (χ3n) is 7.42. The molecule has 174 valence electrons. The van der Waals surface area contributed by atoms with Gasteiger partial charge in [-0.05, 0) is 63.4 Å². The van der Waals surface area contributed by atoms with E-state index in [2.05, 4.69) is 19.1 Å². The molecule has 2 aliphatic rings. The van der Waals surface area contributed by atoms with E-state index in [1.54, 1.807) is 5.57 Å². The molecule has 0 heterocycles. The molecule has 2 nitrogen and oxygen atoms in total. The Labute approximate surface area is 187 Å². The van der Waals surface area contributed by atoms with Gasteiger partial charge in [-0.25, -0.2) is 0 Å². The van der Waals surface area contributed by atoms with Crippen LogP contribution in [0.25, 0.3) is 0 Å². The lowest BCUT2D eigenvalue weighted by Gasteiger charge is -2.42.